The van der Waals surface area contributed by atoms with Crippen LogP contribution in [0.4, 0.5) is 0 Å². The Kier molecular flexibility index (Phi) is 6.05. The second-order valence-electron chi connectivity index (χ2n) is 5.59. The zero-order chi connectivity index (χ0) is 15.1. The van der Waals surface area contributed by atoms with E-state index in [0.717, 1.165) is 50.2 Å². The van der Waals surface area contributed by atoms with Crippen molar-refractivity contribution in [2.75, 3.05) is 26.2 Å². The molecule has 1 aromatic carbocycles. The number of nitrogens with one attached hydrogen (secondary N) is 1. The van der Waals surface area contributed by atoms with Crippen LogP contribution < -0.4 is 10.1 Å². The number of rotatable bonds is 7. The Morgan fingerprint density at radius 3 is 2.76 bits per heavy atom. The van der Waals surface area contributed by atoms with E-state index in [1.165, 1.54) is 0 Å². The fourth-order valence-electron chi connectivity index (χ4n) is 2.64. The van der Waals surface area contributed by atoms with Gasteiger partial charge in [-0.05, 0) is 38.8 Å². The number of carbonyl (C=O) groups excluding carboxylic acids is 1. The number of amides is 1. The molecule has 0 spiro atoms. The maximum absolute atomic E-state index is 12.1. The van der Waals surface area contributed by atoms with Gasteiger partial charge in [-0.25, -0.2) is 0 Å². The summed E-state index contributed by atoms with van der Waals surface area (Å²) in [4.78, 5) is 13.9. The molecule has 1 unspecified atom stereocenters. The van der Waals surface area contributed by atoms with Gasteiger partial charge < -0.3 is 15.0 Å². The lowest BCUT2D eigenvalue weighted by molar-refractivity contribution is -0.132. The van der Waals surface area contributed by atoms with Crippen LogP contribution in [0.5, 0.6) is 5.75 Å². The van der Waals surface area contributed by atoms with Crippen molar-refractivity contribution >= 4 is 5.91 Å². The van der Waals surface area contributed by atoms with Crippen molar-refractivity contribution in [1.29, 1.82) is 0 Å². The number of para-hydroxylation sites is 1. The Bertz CT molecular complexity index is 456. The largest absolute Gasteiger partial charge is 0.483 e. The third-order valence-corrected chi connectivity index (χ3v) is 3.90. The Hall–Kier alpha value is -1.55. The molecule has 1 aliphatic heterocycles. The summed E-state index contributed by atoms with van der Waals surface area (Å²) < 4.78 is 5.78. The van der Waals surface area contributed by atoms with E-state index in [1.807, 2.05) is 23.1 Å². The zero-order valence-electron chi connectivity index (χ0n) is 13.1. The van der Waals surface area contributed by atoms with Gasteiger partial charge >= 0.3 is 0 Å². The van der Waals surface area contributed by atoms with Crippen LogP contribution in [0.1, 0.15) is 44.7 Å². The lowest BCUT2D eigenvalue weighted by Crippen LogP contribution is -2.32. The molecule has 0 radical (unpaired) electrons. The summed E-state index contributed by atoms with van der Waals surface area (Å²) in [5, 5.41) is 3.46. The molecule has 0 bridgehead atoms. The van der Waals surface area contributed by atoms with Gasteiger partial charge in [0.05, 0.1) is 0 Å². The Morgan fingerprint density at radius 1 is 1.33 bits per heavy atom. The monoisotopic (exact) mass is 290 g/mol. The van der Waals surface area contributed by atoms with Gasteiger partial charge in [0.2, 0.25) is 0 Å². The van der Waals surface area contributed by atoms with Crippen LogP contribution in [0.2, 0.25) is 0 Å². The van der Waals surface area contributed by atoms with E-state index in [9.17, 15) is 4.79 Å². The van der Waals surface area contributed by atoms with E-state index in [4.69, 9.17) is 4.74 Å². The fraction of sp³-hybridized carbons (Fsp3) is 0.588. The van der Waals surface area contributed by atoms with E-state index in [-0.39, 0.29) is 18.6 Å². The third kappa shape index (κ3) is 4.46. The second kappa shape index (κ2) is 8.03. The molecule has 1 aliphatic rings. The number of hydrogen-bond acceptors (Lipinski definition) is 3. The minimum Gasteiger partial charge on any atom is -0.483 e. The molecule has 21 heavy (non-hydrogen) atoms. The summed E-state index contributed by atoms with van der Waals surface area (Å²) in [5.74, 6) is 0.901. The molecular formula is C17H26N2O2. The molecule has 2 rings (SSSR count). The van der Waals surface area contributed by atoms with Gasteiger partial charge in [-0.1, -0.05) is 25.1 Å². The summed E-state index contributed by atoms with van der Waals surface area (Å²) in [6.45, 7) is 7.13. The molecule has 1 amide bonds. The fourth-order valence-corrected chi connectivity index (χ4v) is 2.64. The van der Waals surface area contributed by atoms with E-state index in [2.05, 4.69) is 25.2 Å². The van der Waals surface area contributed by atoms with E-state index in [0.29, 0.717) is 0 Å². The maximum Gasteiger partial charge on any atom is 0.260 e. The molecular weight excluding hydrogens is 264 g/mol. The summed E-state index contributed by atoms with van der Waals surface area (Å²) in [6.07, 6.45) is 3.32. The van der Waals surface area contributed by atoms with Gasteiger partial charge in [0.25, 0.3) is 5.91 Å². The molecule has 1 saturated heterocycles. The molecule has 1 fully saturated rings. The SMILES string of the molecule is CCCNC(C)c1ccccc1OCC(=O)N1CCCC1. The first-order chi connectivity index (χ1) is 10.2. The van der Waals surface area contributed by atoms with Gasteiger partial charge in [-0.3, -0.25) is 4.79 Å². The first kappa shape index (κ1) is 15.8. The van der Waals surface area contributed by atoms with Crippen LogP contribution in [0.25, 0.3) is 0 Å². The van der Waals surface area contributed by atoms with E-state index < -0.39 is 0 Å². The third-order valence-electron chi connectivity index (χ3n) is 3.90. The minimum absolute atomic E-state index is 0.0940. The summed E-state index contributed by atoms with van der Waals surface area (Å²) in [7, 11) is 0. The highest BCUT2D eigenvalue weighted by molar-refractivity contribution is 5.78. The summed E-state index contributed by atoms with van der Waals surface area (Å²) >= 11 is 0. The lowest BCUT2D eigenvalue weighted by Gasteiger charge is -2.19. The first-order valence-corrected chi connectivity index (χ1v) is 7.95. The predicted molar refractivity (Wildman–Crippen MR) is 84.5 cm³/mol. The van der Waals surface area contributed by atoms with Crippen LogP contribution >= 0.6 is 0 Å². The smallest absolute Gasteiger partial charge is 0.260 e. The molecule has 0 aromatic heterocycles. The van der Waals surface area contributed by atoms with Gasteiger partial charge in [-0.2, -0.15) is 0 Å². The topological polar surface area (TPSA) is 41.6 Å². The second-order valence-corrected chi connectivity index (χ2v) is 5.59. The number of hydrogen-bond donors (Lipinski definition) is 1. The number of nitrogens with zero attached hydrogens (tertiary/aromatic N) is 1. The molecule has 116 valence electrons. The van der Waals surface area contributed by atoms with Crippen LogP contribution in [-0.4, -0.2) is 37.0 Å². The number of carbonyl (C=O) groups is 1. The van der Waals surface area contributed by atoms with Crippen molar-refractivity contribution in [3.05, 3.63) is 29.8 Å². The van der Waals surface area contributed by atoms with E-state index >= 15 is 0 Å². The summed E-state index contributed by atoms with van der Waals surface area (Å²) in [5.41, 5.74) is 1.11. The van der Waals surface area contributed by atoms with Crippen molar-refractivity contribution in [2.24, 2.45) is 0 Å². The highest BCUT2D eigenvalue weighted by Crippen LogP contribution is 2.25. The first-order valence-electron chi connectivity index (χ1n) is 7.95. The summed E-state index contributed by atoms with van der Waals surface area (Å²) in [6, 6.07) is 8.18. The van der Waals surface area contributed by atoms with Crippen LogP contribution in [0.15, 0.2) is 24.3 Å². The average Bonchev–Trinajstić information content (AvgIpc) is 3.05. The van der Waals surface area contributed by atoms with Crippen molar-refractivity contribution in [3.8, 4) is 5.75 Å². The standard InChI is InChI=1S/C17H26N2O2/c1-3-10-18-14(2)15-8-4-5-9-16(15)21-13-17(20)19-11-6-7-12-19/h4-5,8-9,14,18H,3,6-7,10-13H2,1-2H3. The lowest BCUT2D eigenvalue weighted by atomic mass is 10.1. The number of likely N-dealkylation sites (tertiary alicyclic amines) is 1. The highest BCUT2D eigenvalue weighted by atomic mass is 16.5. The number of ether oxygens (including phenoxy) is 1. The Labute approximate surface area is 127 Å². The molecule has 1 aromatic rings. The Balaban J connectivity index is 1.94. The normalized spacial score (nSPS) is 16.0. The molecule has 0 saturated carbocycles. The van der Waals surface area contributed by atoms with Crippen LogP contribution in [0, 0.1) is 0 Å². The highest BCUT2D eigenvalue weighted by Gasteiger charge is 2.19. The van der Waals surface area contributed by atoms with Gasteiger partial charge in [0.1, 0.15) is 5.75 Å². The molecule has 4 heteroatoms. The zero-order valence-corrected chi connectivity index (χ0v) is 13.1. The quantitative estimate of drug-likeness (QED) is 0.839. The number of benzene rings is 1. The van der Waals surface area contributed by atoms with Gasteiger partial charge in [0.15, 0.2) is 6.61 Å². The van der Waals surface area contributed by atoms with Crippen LogP contribution in [0.3, 0.4) is 0 Å². The molecule has 1 heterocycles. The minimum atomic E-state index is 0.0940. The molecule has 1 N–H and O–H groups in total. The molecule has 1 atom stereocenters. The van der Waals surface area contributed by atoms with Gasteiger partial charge in [0, 0.05) is 24.7 Å². The molecule has 0 aliphatic carbocycles. The van der Waals surface area contributed by atoms with Crippen molar-refractivity contribution < 1.29 is 9.53 Å². The maximum atomic E-state index is 12.1. The van der Waals surface area contributed by atoms with Crippen molar-refractivity contribution in [2.45, 2.75) is 39.2 Å². The van der Waals surface area contributed by atoms with Crippen molar-refractivity contribution in [1.82, 2.24) is 10.2 Å². The predicted octanol–water partition coefficient (Wildman–Crippen LogP) is 2.75. The Morgan fingerprint density at radius 2 is 2.05 bits per heavy atom. The van der Waals surface area contributed by atoms with E-state index in [1.54, 1.807) is 0 Å². The van der Waals surface area contributed by atoms with Gasteiger partial charge in [-0.15, -0.1) is 0 Å². The average molecular weight is 290 g/mol. The van der Waals surface area contributed by atoms with Crippen LogP contribution in [-0.2, 0) is 4.79 Å². The van der Waals surface area contributed by atoms with Crippen molar-refractivity contribution in [3.63, 3.8) is 0 Å². The molecule has 4 nitrogen and oxygen atoms in total.